The van der Waals surface area contributed by atoms with Gasteiger partial charge in [0.25, 0.3) is 0 Å². The molecule has 0 saturated carbocycles. The average molecular weight is 234 g/mol. The van der Waals surface area contributed by atoms with Crippen molar-refractivity contribution in [1.29, 1.82) is 0 Å². The SMILES string of the molecule is CNC(C)(C)CN(C)c1cc(C)c(C)cc1C. The van der Waals surface area contributed by atoms with Crippen LogP contribution in [-0.2, 0) is 0 Å². The summed E-state index contributed by atoms with van der Waals surface area (Å²) < 4.78 is 0. The van der Waals surface area contributed by atoms with Crippen LogP contribution in [0.25, 0.3) is 0 Å². The predicted molar refractivity (Wildman–Crippen MR) is 77.1 cm³/mol. The lowest BCUT2D eigenvalue weighted by Crippen LogP contribution is -2.46. The topological polar surface area (TPSA) is 15.3 Å². The Kier molecular flexibility index (Phi) is 4.21. The summed E-state index contributed by atoms with van der Waals surface area (Å²) in [6.45, 7) is 12.0. The zero-order valence-corrected chi connectivity index (χ0v) is 12.3. The molecule has 1 N–H and O–H groups in total. The van der Waals surface area contributed by atoms with Crippen LogP contribution in [-0.4, -0.2) is 26.2 Å². The van der Waals surface area contributed by atoms with Gasteiger partial charge in [-0.05, 0) is 64.4 Å². The lowest BCUT2D eigenvalue weighted by Gasteiger charge is -2.32. The molecule has 0 fully saturated rings. The predicted octanol–water partition coefficient (Wildman–Crippen LogP) is 3.05. The Labute approximate surface area is 106 Å². The number of benzene rings is 1. The first-order valence-electron chi connectivity index (χ1n) is 6.25. The summed E-state index contributed by atoms with van der Waals surface area (Å²) in [6.07, 6.45) is 0. The highest BCUT2D eigenvalue weighted by molar-refractivity contribution is 5.56. The van der Waals surface area contributed by atoms with E-state index in [1.165, 1.54) is 22.4 Å². The van der Waals surface area contributed by atoms with Crippen molar-refractivity contribution in [3.63, 3.8) is 0 Å². The van der Waals surface area contributed by atoms with Crippen LogP contribution in [0.5, 0.6) is 0 Å². The minimum atomic E-state index is 0.125. The summed E-state index contributed by atoms with van der Waals surface area (Å²) in [5, 5.41) is 3.35. The lowest BCUT2D eigenvalue weighted by molar-refractivity contribution is 0.428. The molecule has 0 amide bonds. The second-order valence-electron chi connectivity index (χ2n) is 5.71. The molecule has 1 aromatic rings. The Hall–Kier alpha value is -1.02. The maximum Gasteiger partial charge on any atom is 0.0396 e. The number of hydrogen-bond donors (Lipinski definition) is 1. The quantitative estimate of drug-likeness (QED) is 0.861. The van der Waals surface area contributed by atoms with Crippen molar-refractivity contribution in [2.75, 3.05) is 25.5 Å². The van der Waals surface area contributed by atoms with Crippen LogP contribution < -0.4 is 10.2 Å². The van der Waals surface area contributed by atoms with Gasteiger partial charge in [0, 0.05) is 24.8 Å². The fourth-order valence-corrected chi connectivity index (χ4v) is 2.11. The lowest BCUT2D eigenvalue weighted by atomic mass is 10.0. The fourth-order valence-electron chi connectivity index (χ4n) is 2.11. The number of nitrogens with one attached hydrogen (secondary N) is 1. The van der Waals surface area contributed by atoms with Gasteiger partial charge < -0.3 is 10.2 Å². The Morgan fingerprint density at radius 1 is 1.06 bits per heavy atom. The Morgan fingerprint density at radius 3 is 2.12 bits per heavy atom. The third-order valence-corrected chi connectivity index (χ3v) is 3.53. The van der Waals surface area contributed by atoms with Gasteiger partial charge in [-0.3, -0.25) is 0 Å². The van der Waals surface area contributed by atoms with Crippen LogP contribution in [0.2, 0.25) is 0 Å². The molecule has 0 bridgehead atoms. The van der Waals surface area contributed by atoms with E-state index in [1.54, 1.807) is 0 Å². The Bertz CT molecular complexity index is 394. The molecule has 2 heteroatoms. The molecule has 0 spiro atoms. The summed E-state index contributed by atoms with van der Waals surface area (Å²) >= 11 is 0. The van der Waals surface area contributed by atoms with E-state index in [1.807, 2.05) is 7.05 Å². The van der Waals surface area contributed by atoms with Crippen LogP contribution in [0.15, 0.2) is 12.1 Å². The third-order valence-electron chi connectivity index (χ3n) is 3.53. The molecule has 0 aliphatic heterocycles. The van der Waals surface area contributed by atoms with Crippen molar-refractivity contribution in [1.82, 2.24) is 5.32 Å². The van der Waals surface area contributed by atoms with Gasteiger partial charge in [0.15, 0.2) is 0 Å². The normalized spacial score (nSPS) is 11.7. The second kappa shape index (κ2) is 5.09. The van der Waals surface area contributed by atoms with E-state index in [-0.39, 0.29) is 5.54 Å². The first-order valence-corrected chi connectivity index (χ1v) is 6.25. The van der Waals surface area contributed by atoms with Gasteiger partial charge >= 0.3 is 0 Å². The highest BCUT2D eigenvalue weighted by Crippen LogP contribution is 2.24. The van der Waals surface area contributed by atoms with Gasteiger partial charge in [0.05, 0.1) is 0 Å². The molecule has 0 heterocycles. The van der Waals surface area contributed by atoms with Crippen LogP contribution in [0, 0.1) is 20.8 Å². The second-order valence-corrected chi connectivity index (χ2v) is 5.71. The average Bonchev–Trinajstić information content (AvgIpc) is 2.22. The molecule has 0 aromatic heterocycles. The molecule has 17 heavy (non-hydrogen) atoms. The van der Waals surface area contributed by atoms with Gasteiger partial charge in [-0.1, -0.05) is 6.07 Å². The van der Waals surface area contributed by atoms with Crippen molar-refractivity contribution in [2.45, 2.75) is 40.2 Å². The van der Waals surface area contributed by atoms with E-state index >= 15 is 0 Å². The molecule has 96 valence electrons. The molecule has 2 nitrogen and oxygen atoms in total. The maximum absolute atomic E-state index is 3.35. The zero-order valence-electron chi connectivity index (χ0n) is 12.3. The summed E-state index contributed by atoms with van der Waals surface area (Å²) in [7, 11) is 4.18. The molecule has 0 saturated heterocycles. The van der Waals surface area contributed by atoms with Crippen LogP contribution in [0.3, 0.4) is 0 Å². The van der Waals surface area contributed by atoms with Crippen LogP contribution >= 0.6 is 0 Å². The van der Waals surface area contributed by atoms with Crippen LogP contribution in [0.1, 0.15) is 30.5 Å². The standard InChI is InChI=1S/C15H26N2/c1-11-8-13(3)14(9-12(11)2)17(7)10-15(4,5)16-6/h8-9,16H,10H2,1-7H3. The monoisotopic (exact) mass is 234 g/mol. The van der Waals surface area contributed by atoms with Gasteiger partial charge in [-0.2, -0.15) is 0 Å². The molecular weight excluding hydrogens is 208 g/mol. The highest BCUT2D eigenvalue weighted by Gasteiger charge is 2.18. The van der Waals surface area contributed by atoms with E-state index in [0.717, 1.165) is 6.54 Å². The largest absolute Gasteiger partial charge is 0.373 e. The number of likely N-dealkylation sites (N-methyl/N-ethyl adjacent to an activating group) is 2. The Balaban J connectivity index is 2.97. The van der Waals surface area contributed by atoms with Crippen molar-refractivity contribution in [3.05, 3.63) is 28.8 Å². The number of nitrogens with zero attached hydrogens (tertiary/aromatic N) is 1. The first kappa shape index (κ1) is 14.0. The van der Waals surface area contributed by atoms with Crippen molar-refractivity contribution in [2.24, 2.45) is 0 Å². The van der Waals surface area contributed by atoms with Gasteiger partial charge in [0.2, 0.25) is 0 Å². The van der Waals surface area contributed by atoms with Crippen LogP contribution in [0.4, 0.5) is 5.69 Å². The molecule has 0 radical (unpaired) electrons. The fraction of sp³-hybridized carbons (Fsp3) is 0.600. The molecule has 1 aromatic carbocycles. The van der Waals surface area contributed by atoms with Gasteiger partial charge in [-0.15, -0.1) is 0 Å². The minimum absolute atomic E-state index is 0.125. The van der Waals surface area contributed by atoms with Crippen molar-refractivity contribution >= 4 is 5.69 Å². The van der Waals surface area contributed by atoms with Gasteiger partial charge in [-0.25, -0.2) is 0 Å². The zero-order chi connectivity index (χ0) is 13.2. The Morgan fingerprint density at radius 2 is 1.59 bits per heavy atom. The first-order chi connectivity index (χ1) is 7.76. The van der Waals surface area contributed by atoms with Crippen molar-refractivity contribution < 1.29 is 0 Å². The number of aryl methyl sites for hydroxylation is 3. The van der Waals surface area contributed by atoms with Gasteiger partial charge in [0.1, 0.15) is 0 Å². The van der Waals surface area contributed by atoms with E-state index < -0.39 is 0 Å². The maximum atomic E-state index is 3.35. The number of rotatable bonds is 4. The van der Waals surface area contributed by atoms with E-state index in [4.69, 9.17) is 0 Å². The number of hydrogen-bond acceptors (Lipinski definition) is 2. The molecule has 0 unspecified atom stereocenters. The smallest absolute Gasteiger partial charge is 0.0396 e. The summed E-state index contributed by atoms with van der Waals surface area (Å²) in [4.78, 5) is 2.33. The number of anilines is 1. The molecule has 0 atom stereocenters. The summed E-state index contributed by atoms with van der Waals surface area (Å²) in [6, 6.07) is 4.56. The third kappa shape index (κ3) is 3.47. The van der Waals surface area contributed by atoms with E-state index in [2.05, 4.69) is 64.0 Å². The minimum Gasteiger partial charge on any atom is -0.373 e. The summed E-state index contributed by atoms with van der Waals surface area (Å²) in [5.74, 6) is 0. The molecule has 1 rings (SSSR count). The summed E-state index contributed by atoms with van der Waals surface area (Å²) in [5.41, 5.74) is 5.53. The molecular formula is C15H26N2. The molecule has 0 aliphatic carbocycles. The highest BCUT2D eigenvalue weighted by atomic mass is 15.1. The van der Waals surface area contributed by atoms with Crippen molar-refractivity contribution in [3.8, 4) is 0 Å². The van der Waals surface area contributed by atoms with E-state index in [9.17, 15) is 0 Å². The van der Waals surface area contributed by atoms with E-state index in [0.29, 0.717) is 0 Å². The molecule has 0 aliphatic rings.